The molecule has 3 heteroatoms. The van der Waals surface area contributed by atoms with Crippen LogP contribution in [0.2, 0.25) is 0 Å². The van der Waals surface area contributed by atoms with Gasteiger partial charge in [0, 0.05) is 37.0 Å². The second kappa shape index (κ2) is 4.42. The van der Waals surface area contributed by atoms with Crippen LogP contribution in [0.15, 0.2) is 0 Å². The van der Waals surface area contributed by atoms with E-state index in [4.69, 9.17) is 0 Å². The van der Waals surface area contributed by atoms with Crippen LogP contribution in [-0.2, 0) is 0 Å². The largest absolute Gasteiger partial charge is 0.309 e. The summed E-state index contributed by atoms with van der Waals surface area (Å²) in [5.74, 6) is 3.59. The first-order valence-corrected chi connectivity index (χ1v) is 6.90. The van der Waals surface area contributed by atoms with E-state index in [1.807, 2.05) is 0 Å². The number of rotatable bonds is 1. The average molecular weight is 214 g/mol. The number of nitrogens with one attached hydrogen (secondary N) is 1. The molecule has 4 atom stereocenters. The molecule has 14 heavy (non-hydrogen) atoms. The summed E-state index contributed by atoms with van der Waals surface area (Å²) in [6.45, 7) is 9.48. The summed E-state index contributed by atoms with van der Waals surface area (Å²) in [4.78, 5) is 2.70. The fourth-order valence-electron chi connectivity index (χ4n) is 2.76. The summed E-state index contributed by atoms with van der Waals surface area (Å²) in [5, 5.41) is 3.60. The van der Waals surface area contributed by atoms with Gasteiger partial charge in [-0.15, -0.1) is 0 Å². The molecule has 0 spiro atoms. The highest BCUT2D eigenvalue weighted by Crippen LogP contribution is 2.28. The van der Waals surface area contributed by atoms with E-state index in [0.717, 1.165) is 12.0 Å². The van der Waals surface area contributed by atoms with Gasteiger partial charge in [-0.3, -0.25) is 4.90 Å². The Bertz CT molecular complexity index is 188. The van der Waals surface area contributed by atoms with E-state index in [9.17, 15) is 0 Å². The molecule has 0 aromatic heterocycles. The van der Waals surface area contributed by atoms with Gasteiger partial charge in [0.25, 0.3) is 0 Å². The van der Waals surface area contributed by atoms with Crippen LogP contribution in [0.4, 0.5) is 0 Å². The monoisotopic (exact) mass is 214 g/mol. The van der Waals surface area contributed by atoms with Crippen LogP contribution in [0.25, 0.3) is 0 Å². The second-order valence-electron chi connectivity index (χ2n) is 5.00. The van der Waals surface area contributed by atoms with Gasteiger partial charge in [0.1, 0.15) is 0 Å². The van der Waals surface area contributed by atoms with Crippen LogP contribution in [0, 0.1) is 5.92 Å². The van der Waals surface area contributed by atoms with Crippen molar-refractivity contribution in [3.05, 3.63) is 0 Å². The topological polar surface area (TPSA) is 15.3 Å². The van der Waals surface area contributed by atoms with E-state index in [1.165, 1.54) is 24.6 Å². The lowest BCUT2D eigenvalue weighted by atomic mass is 10.0. The first-order chi connectivity index (χ1) is 6.66. The summed E-state index contributed by atoms with van der Waals surface area (Å²) < 4.78 is 0. The van der Waals surface area contributed by atoms with Gasteiger partial charge in [-0.25, -0.2) is 0 Å². The van der Waals surface area contributed by atoms with Gasteiger partial charge >= 0.3 is 0 Å². The highest BCUT2D eigenvalue weighted by Gasteiger charge is 2.33. The Morgan fingerprint density at radius 2 is 1.71 bits per heavy atom. The van der Waals surface area contributed by atoms with E-state index >= 15 is 0 Å². The molecule has 2 nitrogen and oxygen atoms in total. The van der Waals surface area contributed by atoms with Crippen LogP contribution < -0.4 is 5.32 Å². The SMILES string of the molecule is CC1CN(C2CSCC2C)CC(C)N1. The molecule has 4 unspecified atom stereocenters. The lowest BCUT2D eigenvalue weighted by Crippen LogP contribution is -2.58. The highest BCUT2D eigenvalue weighted by molar-refractivity contribution is 7.99. The molecule has 2 rings (SSSR count). The summed E-state index contributed by atoms with van der Waals surface area (Å²) in [5.41, 5.74) is 0. The van der Waals surface area contributed by atoms with E-state index in [-0.39, 0.29) is 0 Å². The van der Waals surface area contributed by atoms with Crippen molar-refractivity contribution in [1.29, 1.82) is 0 Å². The van der Waals surface area contributed by atoms with E-state index < -0.39 is 0 Å². The summed E-state index contributed by atoms with van der Waals surface area (Å²) in [6, 6.07) is 2.17. The van der Waals surface area contributed by atoms with Crippen molar-refractivity contribution in [2.45, 2.75) is 38.9 Å². The van der Waals surface area contributed by atoms with Crippen molar-refractivity contribution < 1.29 is 0 Å². The molecule has 0 amide bonds. The maximum Gasteiger partial charge on any atom is 0.0221 e. The molecule has 0 bridgehead atoms. The minimum Gasteiger partial charge on any atom is -0.309 e. The van der Waals surface area contributed by atoms with E-state index in [1.54, 1.807) is 0 Å². The predicted molar refractivity (Wildman–Crippen MR) is 63.9 cm³/mol. The third-order valence-corrected chi connectivity index (χ3v) is 4.72. The first kappa shape index (κ1) is 10.8. The van der Waals surface area contributed by atoms with Crippen molar-refractivity contribution in [1.82, 2.24) is 10.2 Å². The van der Waals surface area contributed by atoms with Crippen LogP contribution in [0.3, 0.4) is 0 Å². The Labute approximate surface area is 91.8 Å². The standard InChI is InChI=1S/C11H22N2S/c1-8-6-14-7-11(8)13-4-9(2)12-10(3)5-13/h8-12H,4-7H2,1-3H3. The minimum absolute atomic E-state index is 0.663. The molecular weight excluding hydrogens is 192 g/mol. The molecule has 0 aromatic rings. The normalized spacial score (nSPS) is 45.6. The maximum atomic E-state index is 3.60. The quantitative estimate of drug-likeness (QED) is 0.711. The fourth-order valence-corrected chi connectivity index (χ4v) is 4.27. The first-order valence-electron chi connectivity index (χ1n) is 5.74. The zero-order valence-corrected chi connectivity index (χ0v) is 10.3. The number of thioether (sulfide) groups is 1. The van der Waals surface area contributed by atoms with Crippen molar-refractivity contribution in [3.63, 3.8) is 0 Å². The summed E-state index contributed by atoms with van der Waals surface area (Å²) >= 11 is 2.12. The fraction of sp³-hybridized carbons (Fsp3) is 1.00. The molecular formula is C11H22N2S. The minimum atomic E-state index is 0.663. The molecule has 0 aromatic carbocycles. The molecule has 2 saturated heterocycles. The Morgan fingerprint density at radius 1 is 1.07 bits per heavy atom. The van der Waals surface area contributed by atoms with Crippen molar-refractivity contribution in [3.8, 4) is 0 Å². The lowest BCUT2D eigenvalue weighted by molar-refractivity contribution is 0.114. The second-order valence-corrected chi connectivity index (χ2v) is 6.08. The van der Waals surface area contributed by atoms with Gasteiger partial charge in [-0.2, -0.15) is 11.8 Å². The van der Waals surface area contributed by atoms with Crippen LogP contribution in [0.1, 0.15) is 20.8 Å². The molecule has 2 aliphatic rings. The van der Waals surface area contributed by atoms with Gasteiger partial charge in [0.05, 0.1) is 0 Å². The molecule has 0 saturated carbocycles. The van der Waals surface area contributed by atoms with E-state index in [2.05, 4.69) is 42.7 Å². The Morgan fingerprint density at radius 3 is 2.21 bits per heavy atom. The van der Waals surface area contributed by atoms with Crippen molar-refractivity contribution in [2.24, 2.45) is 5.92 Å². The van der Waals surface area contributed by atoms with Crippen LogP contribution in [-0.4, -0.2) is 47.6 Å². The Balaban J connectivity index is 1.95. The molecule has 2 heterocycles. The summed E-state index contributed by atoms with van der Waals surface area (Å²) in [6.07, 6.45) is 0. The number of hydrogen-bond acceptors (Lipinski definition) is 3. The molecule has 0 radical (unpaired) electrons. The zero-order valence-electron chi connectivity index (χ0n) is 9.49. The lowest BCUT2D eigenvalue weighted by Gasteiger charge is -2.40. The molecule has 1 N–H and O–H groups in total. The van der Waals surface area contributed by atoms with Gasteiger partial charge in [-0.05, 0) is 25.5 Å². The van der Waals surface area contributed by atoms with Crippen LogP contribution in [0.5, 0.6) is 0 Å². The van der Waals surface area contributed by atoms with Crippen LogP contribution >= 0.6 is 11.8 Å². The van der Waals surface area contributed by atoms with Crippen molar-refractivity contribution >= 4 is 11.8 Å². The Hall–Kier alpha value is 0.270. The summed E-state index contributed by atoms with van der Waals surface area (Å²) in [7, 11) is 0. The van der Waals surface area contributed by atoms with Gasteiger partial charge in [0.15, 0.2) is 0 Å². The molecule has 2 aliphatic heterocycles. The van der Waals surface area contributed by atoms with Gasteiger partial charge in [0.2, 0.25) is 0 Å². The average Bonchev–Trinajstić information content (AvgIpc) is 2.49. The number of hydrogen-bond donors (Lipinski definition) is 1. The number of nitrogens with zero attached hydrogens (tertiary/aromatic N) is 1. The molecule has 0 aliphatic carbocycles. The van der Waals surface area contributed by atoms with Gasteiger partial charge in [-0.1, -0.05) is 6.92 Å². The smallest absolute Gasteiger partial charge is 0.0221 e. The third-order valence-electron chi connectivity index (χ3n) is 3.38. The predicted octanol–water partition coefficient (Wildman–Crippen LogP) is 1.42. The highest BCUT2D eigenvalue weighted by atomic mass is 32.2. The Kier molecular flexibility index (Phi) is 3.40. The number of piperazine rings is 1. The van der Waals surface area contributed by atoms with Crippen molar-refractivity contribution in [2.75, 3.05) is 24.6 Å². The zero-order chi connectivity index (χ0) is 10.1. The van der Waals surface area contributed by atoms with Gasteiger partial charge < -0.3 is 5.32 Å². The molecule has 2 fully saturated rings. The third kappa shape index (κ3) is 2.26. The van der Waals surface area contributed by atoms with E-state index in [0.29, 0.717) is 12.1 Å². The molecule has 82 valence electrons. The maximum absolute atomic E-state index is 3.60.